The van der Waals surface area contributed by atoms with Gasteiger partial charge in [-0.1, -0.05) is 12.1 Å². The number of nitrogens with two attached hydrogens (primary N) is 1. The van der Waals surface area contributed by atoms with E-state index in [-0.39, 0.29) is 17.9 Å². The van der Waals surface area contributed by atoms with Crippen molar-refractivity contribution < 1.29 is 9.21 Å². The van der Waals surface area contributed by atoms with E-state index in [0.717, 1.165) is 24.2 Å². The quantitative estimate of drug-likeness (QED) is 0.802. The maximum Gasteiger partial charge on any atom is 0.227 e. The van der Waals surface area contributed by atoms with Crippen LogP contribution in [0, 0.1) is 0 Å². The van der Waals surface area contributed by atoms with Crippen LogP contribution < -0.4 is 11.1 Å². The van der Waals surface area contributed by atoms with Gasteiger partial charge in [0.05, 0.1) is 12.2 Å². The van der Waals surface area contributed by atoms with Crippen LogP contribution in [0.4, 0.5) is 5.69 Å². The number of aryl methyl sites for hydroxylation is 1. The average Bonchev–Trinajstić information content (AvgIpc) is 2.97. The van der Waals surface area contributed by atoms with E-state index in [0.29, 0.717) is 5.69 Å². The van der Waals surface area contributed by atoms with Crippen molar-refractivity contribution in [2.24, 2.45) is 0 Å². The van der Waals surface area contributed by atoms with Crippen molar-refractivity contribution in [3.05, 3.63) is 54.0 Å². The molecule has 2 aromatic rings. The molecule has 1 aromatic heterocycles. The lowest BCUT2D eigenvalue weighted by Gasteiger charge is -2.17. The van der Waals surface area contributed by atoms with Crippen LogP contribution in [0.15, 0.2) is 47.1 Å². The van der Waals surface area contributed by atoms with Crippen molar-refractivity contribution in [2.75, 3.05) is 5.73 Å². The molecule has 0 spiro atoms. The van der Waals surface area contributed by atoms with E-state index in [1.54, 1.807) is 6.26 Å². The molecule has 1 amide bonds. The summed E-state index contributed by atoms with van der Waals surface area (Å²) in [6, 6.07) is 11.4. The summed E-state index contributed by atoms with van der Waals surface area (Å²) in [4.78, 5) is 12.3. The molecule has 0 fully saturated rings. The first-order valence-corrected chi connectivity index (χ1v) is 7.24. The first-order valence-electron chi connectivity index (χ1n) is 7.24. The minimum atomic E-state index is -0.209. The minimum Gasteiger partial charge on any atom is -0.469 e. The largest absolute Gasteiger partial charge is 0.469 e. The van der Waals surface area contributed by atoms with Crippen LogP contribution in [0.3, 0.4) is 0 Å². The third kappa shape index (κ3) is 4.38. The molecular formula is C17H22N2O2. The predicted octanol–water partition coefficient (Wildman–Crippen LogP) is 3.10. The molecule has 4 heteroatoms. The zero-order chi connectivity index (χ0) is 15.2. The Morgan fingerprint density at radius 1 is 1.29 bits per heavy atom. The van der Waals surface area contributed by atoms with Crippen LogP contribution in [-0.4, -0.2) is 11.9 Å². The number of amides is 1. The molecule has 0 radical (unpaired) electrons. The molecule has 0 bridgehead atoms. The smallest absolute Gasteiger partial charge is 0.227 e. The summed E-state index contributed by atoms with van der Waals surface area (Å²) >= 11 is 0. The second-order valence-corrected chi connectivity index (χ2v) is 5.42. The predicted molar refractivity (Wildman–Crippen MR) is 83.9 cm³/mol. The lowest BCUT2D eigenvalue weighted by molar-refractivity contribution is -0.122. The van der Waals surface area contributed by atoms with Crippen molar-refractivity contribution in [3.8, 4) is 0 Å². The van der Waals surface area contributed by atoms with Gasteiger partial charge in [0.15, 0.2) is 0 Å². The second-order valence-electron chi connectivity index (χ2n) is 5.42. The maximum atomic E-state index is 12.3. The topological polar surface area (TPSA) is 68.3 Å². The van der Waals surface area contributed by atoms with Crippen LogP contribution in [-0.2, 0) is 11.2 Å². The highest BCUT2D eigenvalue weighted by molar-refractivity contribution is 5.83. The molecule has 0 aliphatic carbocycles. The first kappa shape index (κ1) is 15.2. The Balaban J connectivity index is 1.85. The molecule has 0 aliphatic rings. The zero-order valence-electron chi connectivity index (χ0n) is 12.5. The lowest BCUT2D eigenvalue weighted by Crippen LogP contribution is -2.35. The number of nitrogens with one attached hydrogen (secondary N) is 1. The number of rotatable bonds is 6. The molecule has 112 valence electrons. The zero-order valence-corrected chi connectivity index (χ0v) is 12.5. The maximum absolute atomic E-state index is 12.3. The molecule has 21 heavy (non-hydrogen) atoms. The summed E-state index contributed by atoms with van der Waals surface area (Å²) in [5, 5.41) is 3.04. The number of hydrogen-bond donors (Lipinski definition) is 2. The van der Waals surface area contributed by atoms with E-state index >= 15 is 0 Å². The normalized spacial score (nSPS) is 13.6. The molecule has 1 aromatic carbocycles. The Labute approximate surface area is 125 Å². The summed E-state index contributed by atoms with van der Waals surface area (Å²) < 4.78 is 5.29. The third-order valence-electron chi connectivity index (χ3n) is 3.60. The van der Waals surface area contributed by atoms with Gasteiger partial charge in [0, 0.05) is 18.2 Å². The molecule has 3 N–H and O–H groups in total. The Bertz CT molecular complexity index is 578. The number of furan rings is 1. The van der Waals surface area contributed by atoms with Gasteiger partial charge in [0.25, 0.3) is 0 Å². The summed E-state index contributed by atoms with van der Waals surface area (Å²) in [5.74, 6) is 0.757. The van der Waals surface area contributed by atoms with Crippen molar-refractivity contribution in [1.29, 1.82) is 0 Å². The summed E-state index contributed by atoms with van der Waals surface area (Å²) in [7, 11) is 0. The minimum absolute atomic E-state index is 0.0209. The van der Waals surface area contributed by atoms with Gasteiger partial charge in [0.1, 0.15) is 5.76 Å². The highest BCUT2D eigenvalue weighted by Crippen LogP contribution is 2.18. The number of nitrogen functional groups attached to an aromatic ring is 1. The molecule has 0 saturated carbocycles. The fourth-order valence-electron chi connectivity index (χ4n) is 2.23. The van der Waals surface area contributed by atoms with Crippen molar-refractivity contribution in [2.45, 2.75) is 38.6 Å². The number of benzene rings is 1. The fraction of sp³-hybridized carbons (Fsp3) is 0.353. The van der Waals surface area contributed by atoms with Crippen molar-refractivity contribution in [1.82, 2.24) is 5.32 Å². The first-order chi connectivity index (χ1) is 10.1. The monoisotopic (exact) mass is 286 g/mol. The van der Waals surface area contributed by atoms with E-state index in [9.17, 15) is 4.79 Å². The van der Waals surface area contributed by atoms with Crippen molar-refractivity contribution in [3.63, 3.8) is 0 Å². The van der Waals surface area contributed by atoms with Crippen LogP contribution in [0.5, 0.6) is 0 Å². The van der Waals surface area contributed by atoms with Gasteiger partial charge in [-0.2, -0.15) is 0 Å². The SMILES string of the molecule is CC(CCc1ccco1)NC(=O)C(C)c1cccc(N)c1. The Hall–Kier alpha value is -2.23. The standard InChI is InChI=1S/C17H22N2O2/c1-12(8-9-16-7-4-10-21-16)19-17(20)13(2)14-5-3-6-15(18)11-14/h3-7,10-13H,8-9,18H2,1-2H3,(H,19,20). The lowest BCUT2D eigenvalue weighted by atomic mass is 9.99. The summed E-state index contributed by atoms with van der Waals surface area (Å²) in [6.07, 6.45) is 3.34. The van der Waals surface area contributed by atoms with Crippen LogP contribution in [0.1, 0.15) is 37.5 Å². The van der Waals surface area contributed by atoms with Gasteiger partial charge in [-0.25, -0.2) is 0 Å². The molecule has 4 nitrogen and oxygen atoms in total. The molecular weight excluding hydrogens is 264 g/mol. The summed E-state index contributed by atoms with van der Waals surface area (Å²) in [6.45, 7) is 3.90. The van der Waals surface area contributed by atoms with E-state index in [2.05, 4.69) is 5.32 Å². The third-order valence-corrected chi connectivity index (χ3v) is 3.60. The molecule has 2 rings (SSSR count). The van der Waals surface area contributed by atoms with Crippen LogP contribution >= 0.6 is 0 Å². The Kier molecular flexibility index (Phi) is 5.04. The Morgan fingerprint density at radius 3 is 2.76 bits per heavy atom. The van der Waals surface area contributed by atoms with Gasteiger partial charge in [0.2, 0.25) is 5.91 Å². The number of carbonyl (C=O) groups is 1. The van der Waals surface area contributed by atoms with Gasteiger partial charge in [-0.05, 0) is 50.1 Å². The second kappa shape index (κ2) is 6.97. The van der Waals surface area contributed by atoms with Crippen LogP contribution in [0.2, 0.25) is 0 Å². The number of carbonyl (C=O) groups excluding carboxylic acids is 1. The molecule has 2 unspecified atom stereocenters. The van der Waals surface area contributed by atoms with Gasteiger partial charge in [-0.15, -0.1) is 0 Å². The van der Waals surface area contributed by atoms with Gasteiger partial charge in [-0.3, -0.25) is 4.79 Å². The van der Waals surface area contributed by atoms with Gasteiger partial charge < -0.3 is 15.5 Å². The summed E-state index contributed by atoms with van der Waals surface area (Å²) in [5.41, 5.74) is 7.37. The highest BCUT2D eigenvalue weighted by Gasteiger charge is 2.17. The molecule has 0 aliphatic heterocycles. The molecule has 0 saturated heterocycles. The van der Waals surface area contributed by atoms with Crippen LogP contribution in [0.25, 0.3) is 0 Å². The number of hydrogen-bond acceptors (Lipinski definition) is 3. The van der Waals surface area contributed by atoms with E-state index in [4.69, 9.17) is 10.2 Å². The van der Waals surface area contributed by atoms with E-state index in [1.807, 2.05) is 50.2 Å². The van der Waals surface area contributed by atoms with E-state index < -0.39 is 0 Å². The van der Waals surface area contributed by atoms with E-state index in [1.165, 1.54) is 0 Å². The Morgan fingerprint density at radius 2 is 2.10 bits per heavy atom. The van der Waals surface area contributed by atoms with Gasteiger partial charge >= 0.3 is 0 Å². The average molecular weight is 286 g/mol. The molecule has 1 heterocycles. The van der Waals surface area contributed by atoms with Crippen molar-refractivity contribution >= 4 is 11.6 Å². The molecule has 2 atom stereocenters. The number of anilines is 1. The fourth-order valence-corrected chi connectivity index (χ4v) is 2.23. The highest BCUT2D eigenvalue weighted by atomic mass is 16.3.